The molecule has 2 aliphatic heterocycles. The second-order valence-electron chi connectivity index (χ2n) is 5.17. The van der Waals surface area contributed by atoms with E-state index in [1.807, 2.05) is 16.8 Å². The number of rotatable bonds is 3. The first-order valence-corrected chi connectivity index (χ1v) is 6.41. The summed E-state index contributed by atoms with van der Waals surface area (Å²) in [7, 11) is 1.90. The lowest BCUT2D eigenvalue weighted by Gasteiger charge is -2.24. The van der Waals surface area contributed by atoms with Crippen LogP contribution in [0.5, 0.6) is 0 Å². The van der Waals surface area contributed by atoms with Crippen LogP contribution in [0.2, 0.25) is 0 Å². The predicted molar refractivity (Wildman–Crippen MR) is 64.4 cm³/mol. The van der Waals surface area contributed by atoms with Crippen LogP contribution in [0.4, 0.5) is 4.79 Å². The lowest BCUT2D eigenvalue weighted by atomic mass is 9.94. The molecule has 1 N–H and O–H groups in total. The van der Waals surface area contributed by atoms with Gasteiger partial charge in [0.25, 0.3) is 0 Å². The maximum Gasteiger partial charge on any atom is 0.320 e. The molecule has 2 rings (SSSR count). The summed E-state index contributed by atoms with van der Waals surface area (Å²) in [5.41, 5.74) is 0. The maximum atomic E-state index is 11.8. The molecule has 0 aromatic heterocycles. The van der Waals surface area contributed by atoms with E-state index in [-0.39, 0.29) is 6.03 Å². The topological polar surface area (TPSA) is 35.6 Å². The summed E-state index contributed by atoms with van der Waals surface area (Å²) in [5, 5.41) is 3.38. The molecule has 0 aliphatic carbocycles. The fraction of sp³-hybridized carbons (Fsp3) is 0.917. The second kappa shape index (κ2) is 5.04. The van der Waals surface area contributed by atoms with Crippen LogP contribution in [-0.4, -0.2) is 55.1 Å². The summed E-state index contributed by atoms with van der Waals surface area (Å²) in [6.07, 6.45) is 3.72. The molecule has 92 valence electrons. The van der Waals surface area contributed by atoms with E-state index in [2.05, 4.69) is 12.2 Å². The zero-order valence-electron chi connectivity index (χ0n) is 10.4. The minimum absolute atomic E-state index is 0.210. The Balaban J connectivity index is 1.75. The number of nitrogens with one attached hydrogen (secondary N) is 1. The van der Waals surface area contributed by atoms with Crippen LogP contribution in [-0.2, 0) is 0 Å². The average Bonchev–Trinajstić information content (AvgIpc) is 2.56. The van der Waals surface area contributed by atoms with Gasteiger partial charge in [-0.1, -0.05) is 0 Å². The second-order valence-corrected chi connectivity index (χ2v) is 5.17. The predicted octanol–water partition coefficient (Wildman–Crippen LogP) is 1.13. The first-order chi connectivity index (χ1) is 7.68. The molecule has 0 spiro atoms. The zero-order chi connectivity index (χ0) is 11.5. The number of hydrogen-bond acceptors (Lipinski definition) is 2. The first kappa shape index (κ1) is 11.7. The molecule has 4 heteroatoms. The summed E-state index contributed by atoms with van der Waals surface area (Å²) < 4.78 is 0. The normalized spacial score (nSPS) is 27.9. The molecular weight excluding hydrogens is 202 g/mol. The van der Waals surface area contributed by atoms with Gasteiger partial charge in [-0.2, -0.15) is 0 Å². The van der Waals surface area contributed by atoms with Gasteiger partial charge in [-0.05, 0) is 45.2 Å². The van der Waals surface area contributed by atoms with Crippen LogP contribution in [0.3, 0.4) is 0 Å². The number of likely N-dealkylation sites (N-methyl/N-ethyl adjacent to an activating group) is 1. The summed E-state index contributed by atoms with van der Waals surface area (Å²) >= 11 is 0. The van der Waals surface area contributed by atoms with E-state index in [0.717, 1.165) is 32.1 Å². The number of carbonyl (C=O) groups excluding carboxylic acids is 1. The Morgan fingerprint density at radius 2 is 2.06 bits per heavy atom. The van der Waals surface area contributed by atoms with E-state index in [0.29, 0.717) is 6.04 Å². The van der Waals surface area contributed by atoms with Crippen molar-refractivity contribution >= 4 is 6.03 Å². The number of hydrogen-bond donors (Lipinski definition) is 1. The Bertz CT molecular complexity index is 251. The molecule has 2 heterocycles. The molecule has 2 saturated heterocycles. The molecule has 2 fully saturated rings. The fourth-order valence-corrected chi connectivity index (χ4v) is 2.63. The zero-order valence-corrected chi connectivity index (χ0v) is 10.4. The van der Waals surface area contributed by atoms with Crippen molar-refractivity contribution in [2.45, 2.75) is 32.2 Å². The van der Waals surface area contributed by atoms with Gasteiger partial charge in [-0.3, -0.25) is 0 Å². The van der Waals surface area contributed by atoms with Gasteiger partial charge in [-0.25, -0.2) is 4.79 Å². The molecule has 1 unspecified atom stereocenters. The Kier molecular flexibility index (Phi) is 3.69. The monoisotopic (exact) mass is 225 g/mol. The maximum absolute atomic E-state index is 11.8. The third-order valence-corrected chi connectivity index (χ3v) is 3.98. The van der Waals surface area contributed by atoms with Crippen molar-refractivity contribution in [3.05, 3.63) is 0 Å². The minimum atomic E-state index is 0.210. The van der Waals surface area contributed by atoms with E-state index >= 15 is 0 Å². The molecule has 0 saturated carbocycles. The summed E-state index contributed by atoms with van der Waals surface area (Å²) in [5.74, 6) is 0.815. The molecule has 0 aromatic carbocycles. The largest absolute Gasteiger partial charge is 0.323 e. The van der Waals surface area contributed by atoms with Crippen molar-refractivity contribution in [2.24, 2.45) is 5.92 Å². The van der Waals surface area contributed by atoms with Gasteiger partial charge < -0.3 is 15.1 Å². The lowest BCUT2D eigenvalue weighted by Crippen LogP contribution is -2.33. The summed E-state index contributed by atoms with van der Waals surface area (Å²) in [6, 6.07) is 0.585. The third-order valence-electron chi connectivity index (χ3n) is 3.98. The van der Waals surface area contributed by atoms with Gasteiger partial charge in [0.1, 0.15) is 0 Å². The standard InChI is InChI=1S/C12H23N3O/c1-10-9-15(12(16)14(10)2)8-5-11-3-6-13-7-4-11/h10-11,13H,3-9H2,1-2H3. The average molecular weight is 225 g/mol. The van der Waals surface area contributed by atoms with Crippen molar-refractivity contribution in [1.82, 2.24) is 15.1 Å². The van der Waals surface area contributed by atoms with Crippen molar-refractivity contribution < 1.29 is 4.79 Å². The third kappa shape index (κ3) is 2.48. The number of piperidine rings is 1. The highest BCUT2D eigenvalue weighted by atomic mass is 16.2. The Morgan fingerprint density at radius 1 is 1.38 bits per heavy atom. The van der Waals surface area contributed by atoms with E-state index < -0.39 is 0 Å². The Morgan fingerprint density at radius 3 is 2.62 bits per heavy atom. The Labute approximate surface area is 98.0 Å². The fourth-order valence-electron chi connectivity index (χ4n) is 2.63. The molecule has 2 amide bonds. The van der Waals surface area contributed by atoms with Gasteiger partial charge in [0.2, 0.25) is 0 Å². The highest BCUT2D eigenvalue weighted by Gasteiger charge is 2.31. The molecule has 4 nitrogen and oxygen atoms in total. The van der Waals surface area contributed by atoms with Crippen LogP contribution in [0.25, 0.3) is 0 Å². The van der Waals surface area contributed by atoms with Crippen LogP contribution in [0, 0.1) is 5.92 Å². The molecule has 16 heavy (non-hydrogen) atoms. The molecule has 0 aromatic rings. The SMILES string of the molecule is CC1CN(CCC2CCNCC2)C(=O)N1C. The number of urea groups is 1. The lowest BCUT2D eigenvalue weighted by molar-refractivity contribution is 0.192. The van der Waals surface area contributed by atoms with Gasteiger partial charge in [0.15, 0.2) is 0 Å². The first-order valence-electron chi connectivity index (χ1n) is 6.41. The summed E-state index contributed by atoms with van der Waals surface area (Å²) in [4.78, 5) is 15.7. The van der Waals surface area contributed by atoms with E-state index in [1.54, 1.807) is 0 Å². The number of carbonyl (C=O) groups is 1. The van der Waals surface area contributed by atoms with Gasteiger partial charge in [-0.15, -0.1) is 0 Å². The molecular formula is C12H23N3O. The van der Waals surface area contributed by atoms with Crippen LogP contribution < -0.4 is 5.32 Å². The molecule has 0 radical (unpaired) electrons. The van der Waals surface area contributed by atoms with Crippen molar-refractivity contribution in [3.63, 3.8) is 0 Å². The van der Waals surface area contributed by atoms with E-state index in [4.69, 9.17) is 0 Å². The van der Waals surface area contributed by atoms with Crippen molar-refractivity contribution in [1.29, 1.82) is 0 Å². The van der Waals surface area contributed by atoms with Crippen LogP contribution in [0.15, 0.2) is 0 Å². The number of amides is 2. The van der Waals surface area contributed by atoms with Gasteiger partial charge in [0, 0.05) is 26.2 Å². The Hall–Kier alpha value is -0.770. The van der Waals surface area contributed by atoms with Crippen LogP contribution in [0.1, 0.15) is 26.2 Å². The smallest absolute Gasteiger partial charge is 0.320 e. The van der Waals surface area contributed by atoms with Gasteiger partial charge in [0.05, 0.1) is 0 Å². The van der Waals surface area contributed by atoms with Crippen molar-refractivity contribution in [2.75, 3.05) is 33.2 Å². The van der Waals surface area contributed by atoms with Gasteiger partial charge >= 0.3 is 6.03 Å². The van der Waals surface area contributed by atoms with Crippen LogP contribution >= 0.6 is 0 Å². The van der Waals surface area contributed by atoms with E-state index in [1.165, 1.54) is 19.3 Å². The molecule has 0 bridgehead atoms. The quantitative estimate of drug-likeness (QED) is 0.781. The van der Waals surface area contributed by atoms with Crippen molar-refractivity contribution in [3.8, 4) is 0 Å². The molecule has 2 aliphatic rings. The minimum Gasteiger partial charge on any atom is -0.323 e. The van der Waals surface area contributed by atoms with E-state index in [9.17, 15) is 4.79 Å². The number of nitrogens with zero attached hydrogens (tertiary/aromatic N) is 2. The molecule has 1 atom stereocenters. The highest BCUT2D eigenvalue weighted by molar-refractivity contribution is 5.76. The summed E-state index contributed by atoms with van der Waals surface area (Å²) in [6.45, 7) is 6.25. The highest BCUT2D eigenvalue weighted by Crippen LogP contribution is 2.19.